The molecule has 1 saturated heterocycles. The number of nitrogens with zero attached hydrogens (tertiary/aromatic N) is 1. The molecule has 1 unspecified atom stereocenters. The van der Waals surface area contributed by atoms with Gasteiger partial charge in [-0.15, -0.1) is 0 Å². The fraction of sp³-hybridized carbons (Fsp3) is 0.857. The third-order valence-electron chi connectivity index (χ3n) is 1.88. The van der Waals surface area contributed by atoms with Crippen LogP contribution in [-0.2, 0) is 19.4 Å². The van der Waals surface area contributed by atoms with Gasteiger partial charge in [0, 0.05) is 0 Å². The maximum Gasteiger partial charge on any atom is 0.325 e. The maximum atomic E-state index is 11.4. The molecular weight excluding hydrogens is 226 g/mol. The molecule has 1 atom stereocenters. The predicted octanol–water partition coefficient (Wildman–Crippen LogP) is -0.116. The monoisotopic (exact) mass is 239 g/mol. The van der Waals surface area contributed by atoms with Gasteiger partial charge < -0.3 is 4.74 Å². The van der Waals surface area contributed by atoms with Gasteiger partial charge in [0.1, 0.15) is 11.9 Å². The van der Waals surface area contributed by atoms with E-state index >= 15 is 0 Å². The second-order valence-electron chi connectivity index (χ2n) is 2.91. The fourth-order valence-corrected chi connectivity index (χ4v) is 4.15. The van der Waals surface area contributed by atoms with Crippen LogP contribution >= 0.6 is 11.9 Å². The van der Waals surface area contributed by atoms with Gasteiger partial charge >= 0.3 is 5.97 Å². The second kappa shape index (κ2) is 4.50. The summed E-state index contributed by atoms with van der Waals surface area (Å²) < 4.78 is 28.8. The van der Waals surface area contributed by atoms with Crippen LogP contribution in [-0.4, -0.2) is 49.2 Å². The lowest BCUT2D eigenvalue weighted by atomic mass is 10.3. The number of carbonyl (C=O) groups is 1. The van der Waals surface area contributed by atoms with Crippen molar-refractivity contribution >= 4 is 27.8 Å². The lowest BCUT2D eigenvalue weighted by Crippen LogP contribution is -2.34. The van der Waals surface area contributed by atoms with Crippen molar-refractivity contribution in [1.82, 2.24) is 4.31 Å². The van der Waals surface area contributed by atoms with E-state index in [9.17, 15) is 13.2 Å². The van der Waals surface area contributed by atoms with Crippen LogP contribution in [0.25, 0.3) is 0 Å². The Bertz CT molecular complexity index is 314. The van der Waals surface area contributed by atoms with Gasteiger partial charge in [0.2, 0.25) is 0 Å². The Balaban J connectivity index is 2.73. The summed E-state index contributed by atoms with van der Waals surface area (Å²) in [6, 6.07) is -0.644. The van der Waals surface area contributed by atoms with Crippen LogP contribution in [0.4, 0.5) is 0 Å². The Morgan fingerprint density at radius 1 is 1.64 bits per heavy atom. The number of rotatable bonds is 3. The molecule has 0 aromatic rings. The summed E-state index contributed by atoms with van der Waals surface area (Å²) in [4.78, 5) is 11.4. The summed E-state index contributed by atoms with van der Waals surface area (Å²) in [7, 11) is -3.12. The molecule has 14 heavy (non-hydrogen) atoms. The summed E-state index contributed by atoms with van der Waals surface area (Å²) in [5.74, 6) is -0.660. The van der Waals surface area contributed by atoms with Crippen LogP contribution in [0.3, 0.4) is 0 Å². The van der Waals surface area contributed by atoms with E-state index in [4.69, 9.17) is 4.74 Å². The average Bonchev–Trinajstić information content (AvgIpc) is 2.41. The minimum atomic E-state index is -3.12. The Morgan fingerprint density at radius 2 is 2.29 bits per heavy atom. The Kier molecular flexibility index (Phi) is 3.79. The minimum absolute atomic E-state index is 0.0718. The zero-order chi connectivity index (χ0) is 10.8. The molecule has 1 rings (SSSR count). The molecule has 1 aliphatic heterocycles. The summed E-state index contributed by atoms with van der Waals surface area (Å²) in [6.07, 6.45) is 1.74. The Labute approximate surface area is 87.8 Å². The van der Waals surface area contributed by atoms with Gasteiger partial charge in [-0.1, -0.05) is 11.9 Å². The summed E-state index contributed by atoms with van der Waals surface area (Å²) in [5.41, 5.74) is 0. The highest BCUT2D eigenvalue weighted by atomic mass is 32.2. The van der Waals surface area contributed by atoms with Gasteiger partial charge in [-0.3, -0.25) is 4.79 Å². The van der Waals surface area contributed by atoms with Gasteiger partial charge in [-0.25, -0.2) is 12.7 Å². The lowest BCUT2D eigenvalue weighted by molar-refractivity contribution is -0.146. The molecule has 7 heteroatoms. The first-order valence-electron chi connectivity index (χ1n) is 4.18. The fourth-order valence-electron chi connectivity index (χ4n) is 1.26. The highest BCUT2D eigenvalue weighted by Gasteiger charge is 2.40. The van der Waals surface area contributed by atoms with Crippen LogP contribution in [0, 0.1) is 0 Å². The molecule has 1 heterocycles. The van der Waals surface area contributed by atoms with Crippen LogP contribution < -0.4 is 0 Å². The molecule has 0 spiro atoms. The van der Waals surface area contributed by atoms with Crippen LogP contribution in [0.1, 0.15) is 6.92 Å². The first-order chi connectivity index (χ1) is 6.50. The van der Waals surface area contributed by atoms with E-state index in [0.29, 0.717) is 0 Å². The van der Waals surface area contributed by atoms with Crippen molar-refractivity contribution in [3.8, 4) is 0 Å². The van der Waals surface area contributed by atoms with Gasteiger partial charge in [-0.2, -0.15) is 0 Å². The number of sulfone groups is 1. The smallest absolute Gasteiger partial charge is 0.325 e. The number of esters is 1. The van der Waals surface area contributed by atoms with Crippen molar-refractivity contribution in [3.05, 3.63) is 0 Å². The van der Waals surface area contributed by atoms with Crippen molar-refractivity contribution < 1.29 is 17.9 Å². The third-order valence-corrected chi connectivity index (χ3v) is 4.39. The van der Waals surface area contributed by atoms with E-state index in [2.05, 4.69) is 0 Å². The molecular formula is C7H13NO4S2. The highest BCUT2D eigenvalue weighted by Crippen LogP contribution is 2.22. The topological polar surface area (TPSA) is 63.7 Å². The molecule has 0 radical (unpaired) electrons. The lowest BCUT2D eigenvalue weighted by Gasteiger charge is -2.17. The normalized spacial score (nSPS) is 26.3. The van der Waals surface area contributed by atoms with Crippen LogP contribution in [0.2, 0.25) is 0 Å². The second-order valence-corrected chi connectivity index (χ2v) is 5.82. The molecule has 0 aliphatic carbocycles. The number of carbonyl (C=O) groups excluding carboxylic acids is 1. The molecule has 1 aliphatic rings. The highest BCUT2D eigenvalue weighted by molar-refractivity contribution is 7.98. The molecule has 0 amide bonds. The van der Waals surface area contributed by atoms with Crippen molar-refractivity contribution in [1.29, 1.82) is 0 Å². The molecule has 0 bridgehead atoms. The Morgan fingerprint density at radius 3 is 2.79 bits per heavy atom. The quantitative estimate of drug-likeness (QED) is 0.505. The third kappa shape index (κ3) is 2.61. The molecule has 1 fully saturated rings. The van der Waals surface area contributed by atoms with E-state index in [1.54, 1.807) is 13.2 Å². The summed E-state index contributed by atoms with van der Waals surface area (Å²) >= 11 is 1.25. The largest absolute Gasteiger partial charge is 0.465 e. The average molecular weight is 239 g/mol. The standard InChI is InChI=1S/C7H13NO4S2/c1-3-12-7(9)6-4-14(10,11)5-8(6)13-2/h6H,3-5H2,1-2H3. The first-order valence-corrected chi connectivity index (χ1v) is 7.18. The minimum Gasteiger partial charge on any atom is -0.465 e. The van der Waals surface area contributed by atoms with Gasteiger partial charge in [0.25, 0.3) is 0 Å². The van der Waals surface area contributed by atoms with Gasteiger partial charge in [0.15, 0.2) is 9.84 Å². The van der Waals surface area contributed by atoms with E-state index in [-0.39, 0.29) is 18.2 Å². The van der Waals surface area contributed by atoms with Crippen molar-refractivity contribution in [2.75, 3.05) is 24.5 Å². The number of hydrogen-bond donors (Lipinski definition) is 0. The molecule has 0 aromatic carbocycles. The van der Waals surface area contributed by atoms with Crippen molar-refractivity contribution in [2.45, 2.75) is 13.0 Å². The predicted molar refractivity (Wildman–Crippen MR) is 54.4 cm³/mol. The molecule has 0 aromatic heterocycles. The molecule has 0 saturated carbocycles. The Hall–Kier alpha value is -0.270. The number of hydrogen-bond acceptors (Lipinski definition) is 6. The molecule has 0 N–H and O–H groups in total. The van der Waals surface area contributed by atoms with Crippen LogP contribution in [0.5, 0.6) is 0 Å². The molecule has 5 nitrogen and oxygen atoms in total. The van der Waals surface area contributed by atoms with Crippen molar-refractivity contribution in [3.63, 3.8) is 0 Å². The number of ether oxygens (including phenoxy) is 1. The van der Waals surface area contributed by atoms with E-state index in [0.717, 1.165) is 0 Å². The maximum absolute atomic E-state index is 11.4. The van der Waals surface area contributed by atoms with E-state index in [1.807, 2.05) is 0 Å². The van der Waals surface area contributed by atoms with Crippen LogP contribution in [0.15, 0.2) is 0 Å². The van der Waals surface area contributed by atoms with Gasteiger partial charge in [0.05, 0.1) is 12.4 Å². The van der Waals surface area contributed by atoms with E-state index in [1.165, 1.54) is 16.3 Å². The molecule has 82 valence electrons. The van der Waals surface area contributed by atoms with Gasteiger partial charge in [-0.05, 0) is 13.2 Å². The SMILES string of the molecule is CCOC(=O)C1CS(=O)(=O)CN1SC. The van der Waals surface area contributed by atoms with Crippen molar-refractivity contribution in [2.24, 2.45) is 0 Å². The zero-order valence-corrected chi connectivity index (χ0v) is 9.73. The first kappa shape index (κ1) is 11.8. The summed E-state index contributed by atoms with van der Waals surface area (Å²) in [5, 5.41) is 0. The zero-order valence-electron chi connectivity index (χ0n) is 8.10. The van der Waals surface area contributed by atoms with E-state index < -0.39 is 21.8 Å². The summed E-state index contributed by atoms with van der Waals surface area (Å²) in [6.45, 7) is 1.97.